The van der Waals surface area contributed by atoms with E-state index in [1.165, 1.54) is 13.8 Å². The number of nitrogens with two attached hydrogens (primary N) is 1. The fourth-order valence-corrected chi connectivity index (χ4v) is 0.806. The molecule has 4 N–H and O–H groups in total. The number of aliphatic hydroxyl groups is 1. The van der Waals surface area contributed by atoms with Gasteiger partial charge in [-0.05, 0) is 5.92 Å². The fourth-order valence-electron chi connectivity index (χ4n) is 0.806. The van der Waals surface area contributed by atoms with Gasteiger partial charge in [0.15, 0.2) is 5.60 Å². The van der Waals surface area contributed by atoms with Crippen molar-refractivity contribution in [3.63, 3.8) is 0 Å². The van der Waals surface area contributed by atoms with Crippen LogP contribution in [0.4, 0.5) is 0 Å². The molecule has 5 nitrogen and oxygen atoms in total. The molecule has 0 aromatic rings. The molecule has 0 saturated carbocycles. The second kappa shape index (κ2) is 3.53. The van der Waals surface area contributed by atoms with E-state index in [0.29, 0.717) is 0 Å². The van der Waals surface area contributed by atoms with E-state index >= 15 is 0 Å². The number of carbonyl (C=O) groups is 2. The van der Waals surface area contributed by atoms with E-state index in [4.69, 9.17) is 10.8 Å². The summed E-state index contributed by atoms with van der Waals surface area (Å²) in [5, 5.41) is 17.9. The molecule has 0 aromatic heterocycles. The van der Waals surface area contributed by atoms with Crippen molar-refractivity contribution in [2.24, 2.45) is 11.7 Å². The molecular weight excluding hydrogens is 162 g/mol. The maximum absolute atomic E-state index is 10.7. The third-order valence-electron chi connectivity index (χ3n) is 1.80. The number of amides is 1. The summed E-state index contributed by atoms with van der Waals surface area (Å²) < 4.78 is 0. The minimum absolute atomic E-state index is 0.508. The van der Waals surface area contributed by atoms with Crippen LogP contribution in [0.5, 0.6) is 0 Å². The van der Waals surface area contributed by atoms with E-state index in [1.54, 1.807) is 0 Å². The normalized spacial score (nSPS) is 15.7. The van der Waals surface area contributed by atoms with E-state index < -0.39 is 29.8 Å². The highest BCUT2D eigenvalue weighted by Gasteiger charge is 2.39. The first-order valence-corrected chi connectivity index (χ1v) is 3.54. The van der Waals surface area contributed by atoms with Gasteiger partial charge in [-0.1, -0.05) is 13.8 Å². The van der Waals surface area contributed by atoms with Crippen LogP contribution >= 0.6 is 0 Å². The Kier molecular flexibility index (Phi) is 3.21. The van der Waals surface area contributed by atoms with Crippen molar-refractivity contribution in [1.29, 1.82) is 0 Å². The number of hydrogen-bond acceptors (Lipinski definition) is 3. The van der Waals surface area contributed by atoms with Gasteiger partial charge in [0.25, 0.3) is 0 Å². The zero-order valence-corrected chi connectivity index (χ0v) is 7.07. The number of carboxylic acids is 1. The highest BCUT2D eigenvalue weighted by atomic mass is 16.4. The van der Waals surface area contributed by atoms with Crippen LogP contribution in [-0.4, -0.2) is 27.7 Å². The number of hydrogen-bond donors (Lipinski definition) is 3. The summed E-state index contributed by atoms with van der Waals surface area (Å²) >= 11 is 0. The zero-order valence-electron chi connectivity index (χ0n) is 7.07. The Morgan fingerprint density at radius 3 is 2.00 bits per heavy atom. The van der Waals surface area contributed by atoms with Gasteiger partial charge in [0.1, 0.15) is 0 Å². The smallest absolute Gasteiger partial charge is 0.306 e. The van der Waals surface area contributed by atoms with Crippen molar-refractivity contribution in [2.75, 3.05) is 0 Å². The Bertz CT molecular complexity index is 202. The summed E-state index contributed by atoms with van der Waals surface area (Å²) in [6, 6.07) is 0. The van der Waals surface area contributed by atoms with Gasteiger partial charge in [0.05, 0.1) is 6.42 Å². The molecule has 1 amide bonds. The first-order chi connectivity index (χ1) is 5.30. The summed E-state index contributed by atoms with van der Waals surface area (Å²) in [6.45, 7) is 3.07. The highest BCUT2D eigenvalue weighted by Crippen LogP contribution is 2.20. The van der Waals surface area contributed by atoms with Crippen LogP contribution in [0.1, 0.15) is 20.3 Å². The molecular formula is C7H13NO4. The average Bonchev–Trinajstić information content (AvgIpc) is 1.84. The van der Waals surface area contributed by atoms with Crippen LogP contribution < -0.4 is 5.73 Å². The predicted molar refractivity (Wildman–Crippen MR) is 41.2 cm³/mol. The molecule has 0 unspecified atom stereocenters. The lowest BCUT2D eigenvalue weighted by Gasteiger charge is -2.26. The van der Waals surface area contributed by atoms with Crippen LogP contribution in [0.2, 0.25) is 0 Å². The summed E-state index contributed by atoms with van der Waals surface area (Å²) in [5.41, 5.74) is 2.93. The number of rotatable bonds is 4. The number of primary amides is 1. The molecule has 0 aliphatic heterocycles. The summed E-state index contributed by atoms with van der Waals surface area (Å²) in [7, 11) is 0. The molecule has 0 saturated heterocycles. The minimum Gasteiger partial charge on any atom is -0.481 e. The van der Waals surface area contributed by atoms with E-state index in [9.17, 15) is 14.7 Å². The molecule has 0 bridgehead atoms. The van der Waals surface area contributed by atoms with Gasteiger partial charge in [0, 0.05) is 0 Å². The fraction of sp³-hybridized carbons (Fsp3) is 0.714. The third kappa shape index (κ3) is 2.20. The molecule has 0 aromatic carbocycles. The molecule has 0 radical (unpaired) electrons. The number of carbonyl (C=O) groups excluding carboxylic acids is 1. The molecule has 0 spiro atoms. The Labute approximate surface area is 70.2 Å². The van der Waals surface area contributed by atoms with Gasteiger partial charge in [-0.25, -0.2) is 0 Å². The third-order valence-corrected chi connectivity index (χ3v) is 1.80. The maximum atomic E-state index is 10.7. The topological polar surface area (TPSA) is 101 Å². The van der Waals surface area contributed by atoms with E-state index in [2.05, 4.69) is 0 Å². The lowest BCUT2D eigenvalue weighted by Crippen LogP contribution is -2.49. The monoisotopic (exact) mass is 175 g/mol. The Hall–Kier alpha value is -1.10. The summed E-state index contributed by atoms with van der Waals surface area (Å²) in [5.74, 6) is -2.75. The van der Waals surface area contributed by atoms with Crippen LogP contribution in [0.3, 0.4) is 0 Å². The maximum Gasteiger partial charge on any atom is 0.306 e. The van der Waals surface area contributed by atoms with Gasteiger partial charge < -0.3 is 15.9 Å². The molecule has 12 heavy (non-hydrogen) atoms. The first kappa shape index (κ1) is 10.9. The molecule has 0 fully saturated rings. The number of aliphatic carboxylic acids is 1. The molecule has 0 rings (SSSR count). The van der Waals surface area contributed by atoms with Gasteiger partial charge in [-0.2, -0.15) is 0 Å². The predicted octanol–water partition coefficient (Wildman–Crippen LogP) is -0.667. The summed E-state index contributed by atoms with van der Waals surface area (Å²) in [6.07, 6.45) is -0.653. The van der Waals surface area contributed by atoms with Gasteiger partial charge in [0.2, 0.25) is 5.91 Å². The van der Waals surface area contributed by atoms with Crippen LogP contribution in [0.25, 0.3) is 0 Å². The molecule has 1 atom stereocenters. The van der Waals surface area contributed by atoms with Crippen molar-refractivity contribution in [1.82, 2.24) is 0 Å². The Morgan fingerprint density at radius 2 is 1.92 bits per heavy atom. The van der Waals surface area contributed by atoms with Crippen molar-refractivity contribution < 1.29 is 19.8 Å². The van der Waals surface area contributed by atoms with Gasteiger partial charge in [-0.3, -0.25) is 9.59 Å². The van der Waals surface area contributed by atoms with Crippen molar-refractivity contribution in [2.45, 2.75) is 25.9 Å². The van der Waals surface area contributed by atoms with Crippen LogP contribution in [0.15, 0.2) is 0 Å². The highest BCUT2D eigenvalue weighted by molar-refractivity contribution is 5.88. The van der Waals surface area contributed by atoms with Crippen LogP contribution in [0, 0.1) is 5.92 Å². The average molecular weight is 175 g/mol. The minimum atomic E-state index is -1.94. The Morgan fingerprint density at radius 1 is 1.50 bits per heavy atom. The lowest BCUT2D eigenvalue weighted by atomic mass is 9.86. The van der Waals surface area contributed by atoms with E-state index in [1.807, 2.05) is 0 Å². The molecule has 0 heterocycles. The van der Waals surface area contributed by atoms with Gasteiger partial charge in [-0.15, -0.1) is 0 Å². The largest absolute Gasteiger partial charge is 0.481 e. The Balaban J connectivity index is 4.62. The SMILES string of the molecule is CC(C)[C@](O)(CC(=O)O)C(N)=O. The quantitative estimate of drug-likeness (QED) is 0.527. The zero-order chi connectivity index (χ0) is 9.94. The lowest BCUT2D eigenvalue weighted by molar-refractivity contribution is -0.154. The van der Waals surface area contributed by atoms with E-state index in [-0.39, 0.29) is 0 Å². The second-order valence-electron chi connectivity index (χ2n) is 3.01. The molecule has 0 aliphatic carbocycles. The van der Waals surface area contributed by atoms with Crippen LogP contribution in [-0.2, 0) is 9.59 Å². The number of carboxylic acid groups (broad SMARTS) is 1. The molecule has 5 heteroatoms. The van der Waals surface area contributed by atoms with Gasteiger partial charge >= 0.3 is 5.97 Å². The second-order valence-corrected chi connectivity index (χ2v) is 3.01. The van der Waals surface area contributed by atoms with Crippen molar-refractivity contribution >= 4 is 11.9 Å². The first-order valence-electron chi connectivity index (χ1n) is 3.54. The van der Waals surface area contributed by atoms with E-state index in [0.717, 1.165) is 0 Å². The standard InChI is InChI=1S/C7H13NO4/c1-4(2)7(12,6(8)11)3-5(9)10/h4,12H,3H2,1-2H3,(H2,8,11)(H,9,10)/t7-/m1/s1. The van der Waals surface area contributed by atoms with Crippen molar-refractivity contribution in [3.8, 4) is 0 Å². The molecule has 0 aliphatic rings. The molecule has 70 valence electrons. The summed E-state index contributed by atoms with van der Waals surface area (Å²) in [4.78, 5) is 21.0. The van der Waals surface area contributed by atoms with Crippen molar-refractivity contribution in [3.05, 3.63) is 0 Å².